The number of aromatic nitrogens is 1. The van der Waals surface area contributed by atoms with Crippen molar-refractivity contribution in [2.75, 3.05) is 51.3 Å². The van der Waals surface area contributed by atoms with Gasteiger partial charge in [0.15, 0.2) is 5.96 Å². The lowest BCUT2D eigenvalue weighted by atomic mass is 10.1. The summed E-state index contributed by atoms with van der Waals surface area (Å²) in [7, 11) is 0. The number of hydrogen-bond donors (Lipinski definition) is 2. The van der Waals surface area contributed by atoms with Gasteiger partial charge in [-0.05, 0) is 57.2 Å². The first kappa shape index (κ1) is 26.0. The number of likely N-dealkylation sites (tertiary alicyclic amines) is 1. The van der Waals surface area contributed by atoms with Crippen LogP contribution in [0.2, 0.25) is 0 Å². The molecular formula is C25H38IN5O2. The molecule has 4 rings (SSSR count). The topological polar surface area (TPSA) is 71.0 Å². The van der Waals surface area contributed by atoms with E-state index in [-0.39, 0.29) is 24.0 Å². The molecule has 7 nitrogen and oxygen atoms in total. The first-order valence-electron chi connectivity index (χ1n) is 12.2. The summed E-state index contributed by atoms with van der Waals surface area (Å²) in [5.41, 5.74) is 1.01. The van der Waals surface area contributed by atoms with Crippen molar-refractivity contribution in [1.29, 1.82) is 0 Å². The largest absolute Gasteiger partial charge is 0.376 e. The Kier molecular flexibility index (Phi) is 10.9. The Morgan fingerprint density at radius 2 is 2.00 bits per heavy atom. The van der Waals surface area contributed by atoms with E-state index in [1.807, 2.05) is 24.3 Å². The van der Waals surface area contributed by atoms with Crippen molar-refractivity contribution in [3.8, 4) is 0 Å². The van der Waals surface area contributed by atoms with Gasteiger partial charge in [0.05, 0.1) is 30.9 Å². The minimum atomic E-state index is 0. The van der Waals surface area contributed by atoms with Crippen LogP contribution in [0.1, 0.15) is 39.0 Å². The van der Waals surface area contributed by atoms with Crippen molar-refractivity contribution >= 4 is 46.7 Å². The van der Waals surface area contributed by atoms with Crippen molar-refractivity contribution in [2.24, 2.45) is 4.99 Å². The fourth-order valence-electron chi connectivity index (χ4n) is 4.35. The minimum absolute atomic E-state index is 0. The summed E-state index contributed by atoms with van der Waals surface area (Å²) in [4.78, 5) is 11.9. The number of piperidine rings is 1. The van der Waals surface area contributed by atoms with E-state index >= 15 is 0 Å². The summed E-state index contributed by atoms with van der Waals surface area (Å²) in [6, 6.07) is 12.3. The average Bonchev–Trinajstić information content (AvgIpc) is 2.85. The van der Waals surface area contributed by atoms with Gasteiger partial charge in [0, 0.05) is 38.2 Å². The fraction of sp³-hybridized carbons (Fsp3) is 0.600. The second-order valence-electron chi connectivity index (χ2n) is 8.56. The normalized spacial score (nSPS) is 19.8. The van der Waals surface area contributed by atoms with Crippen LogP contribution < -0.4 is 10.6 Å². The van der Waals surface area contributed by atoms with E-state index in [0.717, 1.165) is 81.3 Å². The van der Waals surface area contributed by atoms with Crippen LogP contribution in [0.4, 0.5) is 5.82 Å². The summed E-state index contributed by atoms with van der Waals surface area (Å²) < 4.78 is 12.0. The molecule has 0 bridgehead atoms. The van der Waals surface area contributed by atoms with E-state index in [2.05, 4.69) is 39.6 Å². The van der Waals surface area contributed by atoms with Crippen LogP contribution in [0.25, 0.3) is 10.9 Å². The highest BCUT2D eigenvalue weighted by Gasteiger charge is 2.23. The number of nitrogens with zero attached hydrogens (tertiary/aromatic N) is 3. The lowest BCUT2D eigenvalue weighted by Gasteiger charge is -2.35. The van der Waals surface area contributed by atoms with Crippen LogP contribution >= 0.6 is 24.0 Å². The Balaban J connectivity index is 0.00000306. The Hall–Kier alpha value is -1.65. The maximum absolute atomic E-state index is 6.16. The zero-order valence-corrected chi connectivity index (χ0v) is 22.0. The van der Waals surface area contributed by atoms with Crippen LogP contribution in [0, 0.1) is 0 Å². The zero-order chi connectivity index (χ0) is 22.0. The van der Waals surface area contributed by atoms with Crippen molar-refractivity contribution in [3.05, 3.63) is 36.4 Å². The standard InChI is InChI=1S/C25H37N5O2.HI/c1-2-26-25(28-15-14-27-24-11-10-20-7-3-4-9-23(20)29-24)30-16-12-21(13-17-30)32-19-22-8-5-6-18-31-22;/h3-4,7,9-11,21-22H,2,5-6,8,12-19H2,1H3,(H,26,28)(H,27,29);1H. The quantitative estimate of drug-likeness (QED) is 0.215. The summed E-state index contributed by atoms with van der Waals surface area (Å²) >= 11 is 0. The Bertz CT molecular complexity index is 867. The number of anilines is 1. The predicted molar refractivity (Wildman–Crippen MR) is 146 cm³/mol. The number of halogens is 1. The molecule has 2 aliphatic rings. The second kappa shape index (κ2) is 13.9. The maximum Gasteiger partial charge on any atom is 0.193 e. The molecule has 2 saturated heterocycles. The molecule has 0 saturated carbocycles. The summed E-state index contributed by atoms with van der Waals surface area (Å²) in [6.45, 7) is 8.02. The molecule has 2 aliphatic heterocycles. The molecule has 1 aromatic carbocycles. The Labute approximate surface area is 214 Å². The number of rotatable bonds is 8. The number of aliphatic imine (C=N–C) groups is 1. The smallest absolute Gasteiger partial charge is 0.193 e. The number of benzene rings is 1. The van der Waals surface area contributed by atoms with E-state index in [0.29, 0.717) is 18.8 Å². The van der Waals surface area contributed by atoms with Crippen LogP contribution in [0.15, 0.2) is 41.4 Å². The third kappa shape index (κ3) is 7.96. The van der Waals surface area contributed by atoms with Gasteiger partial charge >= 0.3 is 0 Å². The van der Waals surface area contributed by atoms with Crippen molar-refractivity contribution in [1.82, 2.24) is 15.2 Å². The molecule has 0 spiro atoms. The number of ether oxygens (including phenoxy) is 2. The molecule has 1 atom stereocenters. The maximum atomic E-state index is 6.16. The van der Waals surface area contributed by atoms with Gasteiger partial charge in [-0.15, -0.1) is 24.0 Å². The molecule has 182 valence electrons. The lowest BCUT2D eigenvalue weighted by molar-refractivity contribution is -0.0721. The number of fused-ring (bicyclic) bond motifs is 1. The third-order valence-electron chi connectivity index (χ3n) is 6.15. The molecule has 2 aromatic rings. The highest BCUT2D eigenvalue weighted by Crippen LogP contribution is 2.18. The summed E-state index contributed by atoms with van der Waals surface area (Å²) in [5, 5.41) is 8.00. The zero-order valence-electron chi connectivity index (χ0n) is 19.7. The molecular weight excluding hydrogens is 529 g/mol. The second-order valence-corrected chi connectivity index (χ2v) is 8.56. The van der Waals surface area contributed by atoms with Gasteiger partial charge in [0.2, 0.25) is 0 Å². The molecule has 8 heteroatoms. The van der Waals surface area contributed by atoms with E-state index in [4.69, 9.17) is 14.5 Å². The average molecular weight is 568 g/mol. The van der Waals surface area contributed by atoms with Crippen LogP contribution in [0.3, 0.4) is 0 Å². The molecule has 0 amide bonds. The van der Waals surface area contributed by atoms with Crippen LogP contribution in [-0.2, 0) is 9.47 Å². The van der Waals surface area contributed by atoms with Gasteiger partial charge in [0.1, 0.15) is 5.82 Å². The highest BCUT2D eigenvalue weighted by atomic mass is 127. The molecule has 2 fully saturated rings. The monoisotopic (exact) mass is 567 g/mol. The third-order valence-corrected chi connectivity index (χ3v) is 6.15. The molecule has 1 unspecified atom stereocenters. The summed E-state index contributed by atoms with van der Waals surface area (Å²) in [5.74, 6) is 1.89. The van der Waals surface area contributed by atoms with Crippen molar-refractivity contribution in [2.45, 2.75) is 51.2 Å². The van der Waals surface area contributed by atoms with Crippen molar-refractivity contribution in [3.63, 3.8) is 0 Å². The van der Waals surface area contributed by atoms with Gasteiger partial charge in [-0.2, -0.15) is 0 Å². The van der Waals surface area contributed by atoms with E-state index in [9.17, 15) is 0 Å². The van der Waals surface area contributed by atoms with Crippen molar-refractivity contribution < 1.29 is 9.47 Å². The molecule has 0 radical (unpaired) electrons. The van der Waals surface area contributed by atoms with Crippen LogP contribution in [-0.4, -0.2) is 74.0 Å². The number of nitrogens with one attached hydrogen (secondary N) is 2. The first-order valence-corrected chi connectivity index (χ1v) is 12.2. The minimum Gasteiger partial charge on any atom is -0.376 e. The molecule has 2 N–H and O–H groups in total. The number of para-hydroxylation sites is 1. The molecule has 3 heterocycles. The number of hydrogen-bond acceptors (Lipinski definition) is 5. The highest BCUT2D eigenvalue weighted by molar-refractivity contribution is 14.0. The number of pyridine rings is 1. The SMILES string of the molecule is CCNC(=NCCNc1ccc2ccccc2n1)N1CCC(OCC2CCCCO2)CC1.I. The fourth-order valence-corrected chi connectivity index (χ4v) is 4.35. The Morgan fingerprint density at radius 1 is 1.15 bits per heavy atom. The molecule has 1 aromatic heterocycles. The predicted octanol–water partition coefficient (Wildman–Crippen LogP) is 4.28. The van der Waals surface area contributed by atoms with Gasteiger partial charge in [-0.25, -0.2) is 4.98 Å². The molecule has 33 heavy (non-hydrogen) atoms. The van der Waals surface area contributed by atoms with Gasteiger partial charge in [-0.3, -0.25) is 4.99 Å². The lowest BCUT2D eigenvalue weighted by Crippen LogP contribution is -2.47. The van der Waals surface area contributed by atoms with E-state index in [1.165, 1.54) is 12.8 Å². The number of guanidine groups is 1. The summed E-state index contributed by atoms with van der Waals surface area (Å²) in [6.07, 6.45) is 6.30. The Morgan fingerprint density at radius 3 is 2.79 bits per heavy atom. The van der Waals surface area contributed by atoms with Crippen LogP contribution in [0.5, 0.6) is 0 Å². The van der Waals surface area contributed by atoms with Gasteiger partial charge in [0.25, 0.3) is 0 Å². The molecule has 0 aliphatic carbocycles. The van der Waals surface area contributed by atoms with E-state index in [1.54, 1.807) is 0 Å². The van der Waals surface area contributed by atoms with Gasteiger partial charge < -0.3 is 25.0 Å². The first-order chi connectivity index (χ1) is 15.8. The van der Waals surface area contributed by atoms with Gasteiger partial charge in [-0.1, -0.05) is 18.2 Å². The van der Waals surface area contributed by atoms with E-state index < -0.39 is 0 Å².